The Morgan fingerprint density at radius 2 is 1.80 bits per heavy atom. The number of likely N-dealkylation sites (tertiary alicyclic amines) is 2. The van der Waals surface area contributed by atoms with Crippen LogP contribution in [-0.2, 0) is 0 Å². The van der Waals surface area contributed by atoms with Crippen molar-refractivity contribution in [2.24, 2.45) is 17.8 Å². The van der Waals surface area contributed by atoms with Crippen LogP contribution in [0.15, 0.2) is 24.3 Å². The van der Waals surface area contributed by atoms with Gasteiger partial charge < -0.3 is 15.1 Å². The zero-order valence-electron chi connectivity index (χ0n) is 15.4. The summed E-state index contributed by atoms with van der Waals surface area (Å²) in [5, 5.41) is 2.69. The van der Waals surface area contributed by atoms with E-state index in [2.05, 4.69) is 24.1 Å². The van der Waals surface area contributed by atoms with Gasteiger partial charge in [0.1, 0.15) is 5.82 Å². The number of anilines is 1. The molecule has 1 N–H and O–H groups in total. The third kappa shape index (κ3) is 4.94. The molecule has 2 aliphatic heterocycles. The van der Waals surface area contributed by atoms with Crippen LogP contribution in [0.3, 0.4) is 0 Å². The second-order valence-electron chi connectivity index (χ2n) is 8.01. The molecule has 2 unspecified atom stereocenters. The second-order valence-corrected chi connectivity index (χ2v) is 8.01. The van der Waals surface area contributed by atoms with Crippen LogP contribution in [0.4, 0.5) is 14.9 Å². The summed E-state index contributed by atoms with van der Waals surface area (Å²) < 4.78 is 13.7. The van der Waals surface area contributed by atoms with Crippen molar-refractivity contribution >= 4 is 11.7 Å². The van der Waals surface area contributed by atoms with E-state index in [0.29, 0.717) is 5.92 Å². The maximum atomic E-state index is 13.7. The lowest BCUT2D eigenvalue weighted by atomic mass is 9.89. The van der Waals surface area contributed by atoms with Crippen LogP contribution < -0.4 is 5.32 Å². The summed E-state index contributed by atoms with van der Waals surface area (Å²) in [7, 11) is 0. The number of carbonyl (C=O) groups excluding carboxylic acids is 1. The van der Waals surface area contributed by atoms with Gasteiger partial charge in [-0.1, -0.05) is 26.0 Å². The zero-order chi connectivity index (χ0) is 17.8. The molecular weight excluding hydrogens is 317 g/mol. The van der Waals surface area contributed by atoms with Gasteiger partial charge in [-0.15, -0.1) is 0 Å². The molecule has 2 heterocycles. The van der Waals surface area contributed by atoms with E-state index in [1.54, 1.807) is 18.2 Å². The molecule has 2 fully saturated rings. The van der Waals surface area contributed by atoms with E-state index in [1.165, 1.54) is 25.6 Å². The summed E-state index contributed by atoms with van der Waals surface area (Å²) in [6.07, 6.45) is 3.40. The molecule has 2 saturated heterocycles. The van der Waals surface area contributed by atoms with E-state index < -0.39 is 0 Å². The van der Waals surface area contributed by atoms with Crippen LogP contribution >= 0.6 is 0 Å². The molecule has 0 aliphatic carbocycles. The van der Waals surface area contributed by atoms with Gasteiger partial charge in [0.15, 0.2) is 0 Å². The lowest BCUT2D eigenvalue weighted by molar-refractivity contribution is 0.101. The highest BCUT2D eigenvalue weighted by Gasteiger charge is 2.27. The second kappa shape index (κ2) is 8.17. The zero-order valence-corrected chi connectivity index (χ0v) is 15.4. The molecule has 2 atom stereocenters. The number of carbonyl (C=O) groups is 1. The fraction of sp³-hybridized carbons (Fsp3) is 0.650. The molecule has 0 bridgehead atoms. The quantitative estimate of drug-likeness (QED) is 0.895. The maximum absolute atomic E-state index is 13.7. The topological polar surface area (TPSA) is 35.6 Å². The smallest absolute Gasteiger partial charge is 0.321 e. The minimum absolute atomic E-state index is 0.191. The van der Waals surface area contributed by atoms with Gasteiger partial charge in [-0.05, 0) is 49.1 Å². The van der Waals surface area contributed by atoms with E-state index in [4.69, 9.17) is 0 Å². The van der Waals surface area contributed by atoms with E-state index in [-0.39, 0.29) is 17.5 Å². The van der Waals surface area contributed by atoms with Crippen LogP contribution in [0.25, 0.3) is 0 Å². The molecule has 0 saturated carbocycles. The van der Waals surface area contributed by atoms with Gasteiger partial charge in [0.25, 0.3) is 0 Å². The Morgan fingerprint density at radius 1 is 1.16 bits per heavy atom. The fourth-order valence-electron chi connectivity index (χ4n) is 4.38. The number of urea groups is 1. The molecule has 2 aliphatic rings. The first-order valence-electron chi connectivity index (χ1n) is 9.54. The number of rotatable bonds is 3. The highest BCUT2D eigenvalue weighted by molar-refractivity contribution is 5.89. The number of halogens is 1. The largest absolute Gasteiger partial charge is 0.325 e. The van der Waals surface area contributed by atoms with Gasteiger partial charge in [0, 0.05) is 32.7 Å². The predicted octanol–water partition coefficient (Wildman–Crippen LogP) is 4.05. The van der Waals surface area contributed by atoms with Crippen molar-refractivity contribution in [3.8, 4) is 0 Å². The lowest BCUT2D eigenvalue weighted by Gasteiger charge is -2.39. The number of hydrogen-bond acceptors (Lipinski definition) is 2. The van der Waals surface area contributed by atoms with Crippen LogP contribution in [-0.4, -0.2) is 48.6 Å². The van der Waals surface area contributed by atoms with Gasteiger partial charge in [-0.2, -0.15) is 0 Å². The molecule has 1 aromatic rings. The van der Waals surface area contributed by atoms with E-state index in [9.17, 15) is 9.18 Å². The number of piperidine rings is 2. The number of benzene rings is 1. The normalized spacial score (nSPS) is 25.8. The van der Waals surface area contributed by atoms with Gasteiger partial charge in [0.2, 0.25) is 0 Å². The monoisotopic (exact) mass is 347 g/mol. The SMILES string of the molecule is CC1CC(C)CN(CC2CCN(C(=O)Nc3ccccc3F)CC2)C1. The Labute approximate surface area is 150 Å². The summed E-state index contributed by atoms with van der Waals surface area (Å²) in [5.41, 5.74) is 0.255. The van der Waals surface area contributed by atoms with Gasteiger partial charge in [-0.25, -0.2) is 9.18 Å². The van der Waals surface area contributed by atoms with E-state index in [1.807, 2.05) is 4.90 Å². The minimum Gasteiger partial charge on any atom is -0.325 e. The summed E-state index contributed by atoms with van der Waals surface area (Å²) in [5.74, 6) is 1.85. The number of para-hydroxylation sites is 1. The van der Waals surface area contributed by atoms with Crippen molar-refractivity contribution in [3.63, 3.8) is 0 Å². The number of nitrogens with one attached hydrogen (secondary N) is 1. The maximum Gasteiger partial charge on any atom is 0.321 e. The van der Waals surface area contributed by atoms with Gasteiger partial charge in [0.05, 0.1) is 5.69 Å². The van der Waals surface area contributed by atoms with Crippen LogP contribution in [0.2, 0.25) is 0 Å². The molecule has 1 aromatic carbocycles. The van der Waals surface area contributed by atoms with Crippen molar-refractivity contribution < 1.29 is 9.18 Å². The summed E-state index contributed by atoms with van der Waals surface area (Å²) in [6, 6.07) is 6.12. The first-order valence-corrected chi connectivity index (χ1v) is 9.54. The highest BCUT2D eigenvalue weighted by atomic mass is 19.1. The average Bonchev–Trinajstić information content (AvgIpc) is 2.56. The molecule has 138 valence electrons. The molecule has 5 heteroatoms. The Bertz CT molecular complexity index is 576. The first-order chi connectivity index (χ1) is 12.0. The third-order valence-corrected chi connectivity index (χ3v) is 5.48. The minimum atomic E-state index is -0.390. The standard InChI is InChI=1S/C20H30FN3O/c1-15-11-16(2)13-23(12-15)14-17-7-9-24(10-8-17)20(25)22-19-6-4-3-5-18(19)21/h3-6,15-17H,7-14H2,1-2H3,(H,22,25). The van der Waals surface area contributed by atoms with E-state index in [0.717, 1.165) is 44.3 Å². The van der Waals surface area contributed by atoms with Crippen molar-refractivity contribution in [1.82, 2.24) is 9.80 Å². The van der Waals surface area contributed by atoms with Crippen molar-refractivity contribution in [1.29, 1.82) is 0 Å². The van der Waals surface area contributed by atoms with Crippen molar-refractivity contribution in [2.75, 3.05) is 38.0 Å². The predicted molar refractivity (Wildman–Crippen MR) is 99.1 cm³/mol. The molecule has 0 radical (unpaired) electrons. The van der Waals surface area contributed by atoms with Gasteiger partial charge >= 0.3 is 6.03 Å². The molecule has 4 nitrogen and oxygen atoms in total. The van der Waals surface area contributed by atoms with Crippen LogP contribution in [0, 0.1) is 23.6 Å². The number of nitrogens with zero attached hydrogens (tertiary/aromatic N) is 2. The fourth-order valence-corrected chi connectivity index (χ4v) is 4.38. The number of amides is 2. The lowest BCUT2D eigenvalue weighted by Crippen LogP contribution is -2.46. The molecular formula is C20H30FN3O. The third-order valence-electron chi connectivity index (χ3n) is 5.48. The van der Waals surface area contributed by atoms with E-state index >= 15 is 0 Å². The summed E-state index contributed by atoms with van der Waals surface area (Å²) >= 11 is 0. The number of hydrogen-bond donors (Lipinski definition) is 1. The van der Waals surface area contributed by atoms with Crippen molar-refractivity contribution in [2.45, 2.75) is 33.1 Å². The molecule has 0 aromatic heterocycles. The molecule has 25 heavy (non-hydrogen) atoms. The summed E-state index contributed by atoms with van der Waals surface area (Å²) in [6.45, 7) is 9.76. The highest BCUT2D eigenvalue weighted by Crippen LogP contribution is 2.25. The first kappa shape index (κ1) is 18.2. The molecule has 3 rings (SSSR count). The summed E-state index contributed by atoms with van der Waals surface area (Å²) in [4.78, 5) is 16.8. The van der Waals surface area contributed by atoms with Crippen molar-refractivity contribution in [3.05, 3.63) is 30.1 Å². The Balaban J connectivity index is 1.45. The van der Waals surface area contributed by atoms with Gasteiger partial charge in [-0.3, -0.25) is 0 Å². The Morgan fingerprint density at radius 3 is 2.44 bits per heavy atom. The average molecular weight is 347 g/mol. The Kier molecular flexibility index (Phi) is 5.94. The molecule has 0 spiro atoms. The Hall–Kier alpha value is -1.62. The van der Waals surface area contributed by atoms with Crippen LogP contribution in [0.1, 0.15) is 33.1 Å². The molecule has 2 amide bonds. The van der Waals surface area contributed by atoms with Crippen LogP contribution in [0.5, 0.6) is 0 Å².